The molecular formula is C29H32N2O5. The SMILES string of the molecule is Cc1cccc(NC(=O)C2C(=O)CC(C)(O)C(C(=O)Nc3cccc(C)c3C)C2c2ccco2)c1C. The molecule has 2 aromatic carbocycles. The van der Waals surface area contributed by atoms with Crippen LogP contribution in [0.3, 0.4) is 0 Å². The van der Waals surface area contributed by atoms with Crippen LogP contribution in [0.2, 0.25) is 0 Å². The van der Waals surface area contributed by atoms with Gasteiger partial charge >= 0.3 is 0 Å². The van der Waals surface area contributed by atoms with Gasteiger partial charge in [-0.1, -0.05) is 24.3 Å². The van der Waals surface area contributed by atoms with Crippen LogP contribution < -0.4 is 10.6 Å². The van der Waals surface area contributed by atoms with E-state index >= 15 is 0 Å². The summed E-state index contributed by atoms with van der Waals surface area (Å²) >= 11 is 0. The van der Waals surface area contributed by atoms with E-state index in [1.54, 1.807) is 24.3 Å². The fourth-order valence-corrected chi connectivity index (χ4v) is 5.11. The standard InChI is InChI=1S/C29H32N2O5/c1-16-9-6-11-20(18(16)3)30-27(33)24-22(32)15-29(5,35)26(25(24)23-13-8-14-36-23)28(34)31-21-12-7-10-17(2)19(21)4/h6-14,24-26,35H,15H2,1-5H3,(H,30,33)(H,31,34). The van der Waals surface area contributed by atoms with Crippen molar-refractivity contribution in [2.24, 2.45) is 11.8 Å². The molecule has 0 radical (unpaired) electrons. The topological polar surface area (TPSA) is 109 Å². The van der Waals surface area contributed by atoms with Gasteiger partial charge in [-0.25, -0.2) is 0 Å². The highest BCUT2D eigenvalue weighted by molar-refractivity contribution is 6.10. The first-order valence-electron chi connectivity index (χ1n) is 12.0. The maximum absolute atomic E-state index is 13.7. The minimum absolute atomic E-state index is 0.297. The molecule has 1 saturated carbocycles. The number of carbonyl (C=O) groups excluding carboxylic acids is 3. The molecule has 1 heterocycles. The van der Waals surface area contributed by atoms with E-state index in [4.69, 9.17) is 4.42 Å². The second-order valence-electron chi connectivity index (χ2n) is 9.97. The fourth-order valence-electron chi connectivity index (χ4n) is 5.11. The molecule has 3 N–H and O–H groups in total. The molecule has 0 spiro atoms. The third-order valence-corrected chi connectivity index (χ3v) is 7.43. The third kappa shape index (κ3) is 4.71. The summed E-state index contributed by atoms with van der Waals surface area (Å²) in [6.45, 7) is 9.14. The van der Waals surface area contributed by atoms with Gasteiger partial charge in [-0.15, -0.1) is 0 Å². The largest absolute Gasteiger partial charge is 0.469 e. The monoisotopic (exact) mass is 488 g/mol. The Balaban J connectivity index is 1.74. The Morgan fingerprint density at radius 1 is 0.889 bits per heavy atom. The van der Waals surface area contributed by atoms with Gasteiger partial charge in [-0.3, -0.25) is 14.4 Å². The van der Waals surface area contributed by atoms with E-state index in [1.165, 1.54) is 13.2 Å². The number of aliphatic hydroxyl groups is 1. The van der Waals surface area contributed by atoms with Gasteiger partial charge in [-0.05, 0) is 81.1 Å². The molecule has 4 atom stereocenters. The number of carbonyl (C=O) groups is 3. The first kappa shape index (κ1) is 25.4. The van der Waals surface area contributed by atoms with E-state index < -0.39 is 41.0 Å². The molecule has 3 aromatic rings. The van der Waals surface area contributed by atoms with Crippen LogP contribution in [-0.2, 0) is 14.4 Å². The Labute approximate surface area is 210 Å². The molecular weight excluding hydrogens is 456 g/mol. The highest BCUT2D eigenvalue weighted by Crippen LogP contribution is 2.47. The van der Waals surface area contributed by atoms with Gasteiger partial charge in [0.1, 0.15) is 17.5 Å². The van der Waals surface area contributed by atoms with Crippen LogP contribution in [0.5, 0.6) is 0 Å². The lowest BCUT2D eigenvalue weighted by Crippen LogP contribution is -2.56. The number of hydrogen-bond donors (Lipinski definition) is 3. The summed E-state index contributed by atoms with van der Waals surface area (Å²) in [5.74, 6) is -4.49. The number of anilines is 2. The summed E-state index contributed by atoms with van der Waals surface area (Å²) < 4.78 is 5.64. The van der Waals surface area contributed by atoms with E-state index in [-0.39, 0.29) is 6.42 Å². The van der Waals surface area contributed by atoms with Crippen molar-refractivity contribution in [3.05, 3.63) is 82.8 Å². The van der Waals surface area contributed by atoms with Crippen LogP contribution in [0.1, 0.15) is 47.3 Å². The van der Waals surface area contributed by atoms with Crippen LogP contribution in [0.25, 0.3) is 0 Å². The minimum Gasteiger partial charge on any atom is -0.469 e. The number of rotatable bonds is 5. The molecule has 1 aromatic heterocycles. The average molecular weight is 489 g/mol. The van der Waals surface area contributed by atoms with Crippen molar-refractivity contribution in [2.75, 3.05) is 10.6 Å². The molecule has 4 rings (SSSR count). The lowest BCUT2D eigenvalue weighted by Gasteiger charge is -2.43. The van der Waals surface area contributed by atoms with Crippen molar-refractivity contribution in [1.29, 1.82) is 0 Å². The van der Waals surface area contributed by atoms with Crippen LogP contribution in [-0.4, -0.2) is 28.3 Å². The van der Waals surface area contributed by atoms with E-state index in [0.717, 1.165) is 22.3 Å². The molecule has 0 aliphatic heterocycles. The number of hydrogen-bond acceptors (Lipinski definition) is 5. The van der Waals surface area contributed by atoms with Crippen molar-refractivity contribution in [2.45, 2.75) is 52.6 Å². The van der Waals surface area contributed by atoms with E-state index in [9.17, 15) is 19.5 Å². The number of ketones is 1. The third-order valence-electron chi connectivity index (χ3n) is 7.43. The van der Waals surface area contributed by atoms with E-state index in [2.05, 4.69) is 10.6 Å². The second-order valence-corrected chi connectivity index (χ2v) is 9.97. The van der Waals surface area contributed by atoms with Crippen LogP contribution in [0, 0.1) is 39.5 Å². The Kier molecular flexibility index (Phi) is 6.87. The number of amides is 2. The van der Waals surface area contributed by atoms with Crippen molar-refractivity contribution >= 4 is 29.0 Å². The normalized spacial score (nSPS) is 23.8. The molecule has 4 unspecified atom stereocenters. The van der Waals surface area contributed by atoms with E-state index in [0.29, 0.717) is 17.1 Å². The van der Waals surface area contributed by atoms with E-state index in [1.807, 2.05) is 52.0 Å². The number of benzene rings is 2. The fraction of sp³-hybridized carbons (Fsp3) is 0.345. The van der Waals surface area contributed by atoms with Crippen molar-refractivity contribution in [1.82, 2.24) is 0 Å². The zero-order chi connectivity index (χ0) is 26.2. The van der Waals surface area contributed by atoms with Gasteiger partial charge in [0.05, 0.1) is 23.7 Å². The van der Waals surface area contributed by atoms with Crippen LogP contribution in [0.15, 0.2) is 59.2 Å². The van der Waals surface area contributed by atoms with Gasteiger partial charge in [0.25, 0.3) is 0 Å². The maximum Gasteiger partial charge on any atom is 0.235 e. The molecule has 1 fully saturated rings. The highest BCUT2D eigenvalue weighted by Gasteiger charge is 2.57. The summed E-state index contributed by atoms with van der Waals surface area (Å²) in [6.07, 6.45) is 1.10. The smallest absolute Gasteiger partial charge is 0.235 e. The summed E-state index contributed by atoms with van der Waals surface area (Å²) in [5.41, 5.74) is 3.32. The predicted molar refractivity (Wildman–Crippen MR) is 138 cm³/mol. The summed E-state index contributed by atoms with van der Waals surface area (Å²) in [4.78, 5) is 40.7. The Hall–Kier alpha value is -3.71. The summed E-state index contributed by atoms with van der Waals surface area (Å²) in [6, 6.07) is 14.4. The maximum atomic E-state index is 13.7. The zero-order valence-electron chi connectivity index (χ0n) is 21.2. The van der Waals surface area contributed by atoms with Crippen molar-refractivity contribution in [3.8, 4) is 0 Å². The number of aryl methyl sites for hydroxylation is 2. The van der Waals surface area contributed by atoms with Crippen molar-refractivity contribution < 1.29 is 23.9 Å². The number of nitrogens with one attached hydrogen (secondary N) is 2. The quantitative estimate of drug-likeness (QED) is 0.446. The molecule has 7 heteroatoms. The summed E-state index contributed by atoms with van der Waals surface area (Å²) in [5, 5.41) is 17.2. The summed E-state index contributed by atoms with van der Waals surface area (Å²) in [7, 11) is 0. The molecule has 1 aliphatic carbocycles. The van der Waals surface area contributed by atoms with Gasteiger partial charge in [-0.2, -0.15) is 0 Å². The van der Waals surface area contributed by atoms with Crippen LogP contribution >= 0.6 is 0 Å². The molecule has 1 aliphatic rings. The molecule has 2 amide bonds. The minimum atomic E-state index is -1.69. The van der Waals surface area contributed by atoms with Gasteiger partial charge < -0.3 is 20.2 Å². The molecule has 36 heavy (non-hydrogen) atoms. The molecule has 0 bridgehead atoms. The highest BCUT2D eigenvalue weighted by atomic mass is 16.3. The number of furan rings is 1. The first-order chi connectivity index (χ1) is 17.0. The zero-order valence-corrected chi connectivity index (χ0v) is 21.2. The number of Topliss-reactive ketones (excluding diaryl/α,β-unsaturated/α-hetero) is 1. The first-order valence-corrected chi connectivity index (χ1v) is 12.0. The predicted octanol–water partition coefficient (Wildman–Crippen LogP) is 4.83. The lowest BCUT2D eigenvalue weighted by molar-refractivity contribution is -0.151. The lowest BCUT2D eigenvalue weighted by atomic mass is 9.62. The average Bonchev–Trinajstić information content (AvgIpc) is 3.33. The Morgan fingerprint density at radius 3 is 1.97 bits per heavy atom. The van der Waals surface area contributed by atoms with Gasteiger partial charge in [0, 0.05) is 17.8 Å². The Morgan fingerprint density at radius 2 is 1.44 bits per heavy atom. The Bertz CT molecular complexity index is 1310. The second kappa shape index (κ2) is 9.74. The molecule has 188 valence electrons. The van der Waals surface area contributed by atoms with Crippen LogP contribution in [0.4, 0.5) is 11.4 Å². The molecule has 7 nitrogen and oxygen atoms in total. The van der Waals surface area contributed by atoms with Gasteiger partial charge in [0.15, 0.2) is 0 Å². The van der Waals surface area contributed by atoms with Crippen molar-refractivity contribution in [3.63, 3.8) is 0 Å². The molecule has 0 saturated heterocycles. The van der Waals surface area contributed by atoms with Gasteiger partial charge in [0.2, 0.25) is 11.8 Å².